The quantitative estimate of drug-likeness (QED) is 0.580. The average Bonchev–Trinajstić information content (AvgIpc) is 3.24. The van der Waals surface area contributed by atoms with Gasteiger partial charge < -0.3 is 10.2 Å². The van der Waals surface area contributed by atoms with Gasteiger partial charge in [0, 0.05) is 18.2 Å². The Bertz CT molecular complexity index is 929. The van der Waals surface area contributed by atoms with Gasteiger partial charge in [-0.3, -0.25) is 4.90 Å². The first-order valence-electron chi connectivity index (χ1n) is 10.9. The SMILES string of the molecule is CC(C)c1ccc(O)c(CN2CCC[C@@H]2C(O)(c2ccccc2)c2ccccc2)c1. The molecule has 1 aliphatic rings. The summed E-state index contributed by atoms with van der Waals surface area (Å²) in [6.07, 6.45) is 1.93. The van der Waals surface area contributed by atoms with Crippen LogP contribution in [-0.2, 0) is 12.1 Å². The minimum atomic E-state index is -1.11. The first-order chi connectivity index (χ1) is 14.5. The first-order valence-corrected chi connectivity index (χ1v) is 10.9. The maximum atomic E-state index is 12.2. The monoisotopic (exact) mass is 401 g/mol. The van der Waals surface area contributed by atoms with Crippen LogP contribution < -0.4 is 0 Å². The summed E-state index contributed by atoms with van der Waals surface area (Å²) in [7, 11) is 0. The molecule has 1 atom stereocenters. The molecule has 3 heteroatoms. The zero-order valence-corrected chi connectivity index (χ0v) is 17.8. The molecule has 156 valence electrons. The minimum Gasteiger partial charge on any atom is -0.508 e. The highest BCUT2D eigenvalue weighted by molar-refractivity contribution is 5.40. The van der Waals surface area contributed by atoms with Gasteiger partial charge >= 0.3 is 0 Å². The first kappa shape index (κ1) is 20.6. The van der Waals surface area contributed by atoms with Gasteiger partial charge in [0.15, 0.2) is 0 Å². The average molecular weight is 402 g/mol. The van der Waals surface area contributed by atoms with Gasteiger partial charge in [-0.05, 0) is 48.1 Å². The summed E-state index contributed by atoms with van der Waals surface area (Å²) >= 11 is 0. The number of benzene rings is 3. The largest absolute Gasteiger partial charge is 0.508 e. The Hall–Kier alpha value is -2.62. The Labute approximate surface area is 179 Å². The third-order valence-electron chi connectivity index (χ3n) is 6.42. The van der Waals surface area contributed by atoms with Gasteiger partial charge in [0.1, 0.15) is 11.4 Å². The summed E-state index contributed by atoms with van der Waals surface area (Å²) in [4.78, 5) is 2.33. The Morgan fingerprint density at radius 2 is 1.53 bits per heavy atom. The number of phenolic OH excluding ortho intramolecular Hbond substituents is 1. The van der Waals surface area contributed by atoms with Crippen LogP contribution in [-0.4, -0.2) is 27.7 Å². The summed E-state index contributed by atoms with van der Waals surface area (Å²) in [6, 6.07) is 25.8. The van der Waals surface area contributed by atoms with E-state index >= 15 is 0 Å². The summed E-state index contributed by atoms with van der Waals surface area (Å²) in [5, 5.41) is 22.7. The van der Waals surface area contributed by atoms with Crippen LogP contribution in [0, 0.1) is 0 Å². The Kier molecular flexibility index (Phi) is 5.94. The summed E-state index contributed by atoms with van der Waals surface area (Å²) in [5.74, 6) is 0.734. The molecule has 0 amide bonds. The van der Waals surface area contributed by atoms with Crippen LogP contribution in [0.5, 0.6) is 5.75 Å². The number of aliphatic hydroxyl groups is 1. The molecule has 1 fully saturated rings. The molecule has 3 nitrogen and oxygen atoms in total. The number of phenols is 1. The molecule has 30 heavy (non-hydrogen) atoms. The van der Waals surface area contributed by atoms with Crippen LogP contribution in [0.1, 0.15) is 54.9 Å². The standard InChI is InChI=1S/C27H31NO2/c1-20(2)21-15-16-25(29)22(18-21)19-28-17-9-14-26(28)27(30,23-10-5-3-6-11-23)24-12-7-4-8-13-24/h3-8,10-13,15-16,18,20,26,29-30H,9,14,17,19H2,1-2H3/t26-/m1/s1. The van der Waals surface area contributed by atoms with Gasteiger partial charge in [0.25, 0.3) is 0 Å². The van der Waals surface area contributed by atoms with E-state index in [-0.39, 0.29) is 6.04 Å². The molecule has 0 saturated carbocycles. The van der Waals surface area contributed by atoms with Gasteiger partial charge in [0.05, 0.1) is 0 Å². The van der Waals surface area contributed by atoms with Crippen LogP contribution in [0.25, 0.3) is 0 Å². The van der Waals surface area contributed by atoms with Gasteiger partial charge in [-0.15, -0.1) is 0 Å². The van der Waals surface area contributed by atoms with Gasteiger partial charge in [-0.25, -0.2) is 0 Å². The third-order valence-corrected chi connectivity index (χ3v) is 6.42. The molecule has 0 spiro atoms. The zero-order chi connectivity index (χ0) is 21.1. The second-order valence-electron chi connectivity index (χ2n) is 8.67. The molecule has 1 saturated heterocycles. The number of hydrogen-bond donors (Lipinski definition) is 2. The Balaban J connectivity index is 1.72. The highest BCUT2D eigenvalue weighted by Crippen LogP contribution is 2.41. The minimum absolute atomic E-state index is 0.0654. The summed E-state index contributed by atoms with van der Waals surface area (Å²) < 4.78 is 0. The van der Waals surface area contributed by atoms with Crippen molar-refractivity contribution in [1.29, 1.82) is 0 Å². The molecular weight excluding hydrogens is 370 g/mol. The highest BCUT2D eigenvalue weighted by atomic mass is 16.3. The number of aromatic hydroxyl groups is 1. The van der Waals surface area contributed by atoms with Gasteiger partial charge in [0.2, 0.25) is 0 Å². The zero-order valence-electron chi connectivity index (χ0n) is 17.8. The highest BCUT2D eigenvalue weighted by Gasteiger charge is 2.45. The molecule has 4 rings (SSSR count). The lowest BCUT2D eigenvalue weighted by Gasteiger charge is -2.40. The van der Waals surface area contributed by atoms with Crippen molar-refractivity contribution < 1.29 is 10.2 Å². The molecule has 0 radical (unpaired) electrons. The van der Waals surface area contributed by atoms with E-state index in [1.54, 1.807) is 6.07 Å². The van der Waals surface area contributed by atoms with Crippen molar-refractivity contribution in [2.45, 2.75) is 50.8 Å². The van der Waals surface area contributed by atoms with E-state index in [4.69, 9.17) is 0 Å². The topological polar surface area (TPSA) is 43.7 Å². The van der Waals surface area contributed by atoms with Crippen LogP contribution in [0.3, 0.4) is 0 Å². The van der Waals surface area contributed by atoms with E-state index in [1.807, 2.05) is 66.7 Å². The predicted molar refractivity (Wildman–Crippen MR) is 122 cm³/mol. The van der Waals surface area contributed by atoms with Crippen LogP contribution >= 0.6 is 0 Å². The molecule has 1 heterocycles. The number of hydrogen-bond acceptors (Lipinski definition) is 3. The second-order valence-corrected chi connectivity index (χ2v) is 8.67. The molecule has 3 aromatic rings. The second kappa shape index (κ2) is 8.63. The number of rotatable bonds is 6. The maximum absolute atomic E-state index is 12.2. The van der Waals surface area contributed by atoms with Crippen LogP contribution in [0.4, 0.5) is 0 Å². The Morgan fingerprint density at radius 1 is 0.933 bits per heavy atom. The van der Waals surface area contributed by atoms with Crippen molar-refractivity contribution in [3.05, 3.63) is 101 Å². The van der Waals surface area contributed by atoms with E-state index in [2.05, 4.69) is 24.8 Å². The van der Waals surface area contributed by atoms with Crippen molar-refractivity contribution in [3.8, 4) is 5.75 Å². The fourth-order valence-corrected chi connectivity index (χ4v) is 4.73. The molecule has 2 N–H and O–H groups in total. The molecule has 3 aromatic carbocycles. The maximum Gasteiger partial charge on any atom is 0.130 e. The smallest absolute Gasteiger partial charge is 0.130 e. The van der Waals surface area contributed by atoms with E-state index in [0.29, 0.717) is 18.2 Å². The van der Waals surface area contributed by atoms with Crippen molar-refractivity contribution in [2.75, 3.05) is 6.54 Å². The van der Waals surface area contributed by atoms with E-state index in [0.717, 1.165) is 36.1 Å². The van der Waals surface area contributed by atoms with Crippen molar-refractivity contribution in [2.24, 2.45) is 0 Å². The normalized spacial score (nSPS) is 17.5. The lowest BCUT2D eigenvalue weighted by atomic mass is 9.79. The third kappa shape index (κ3) is 3.88. The number of likely N-dealkylation sites (tertiary alicyclic amines) is 1. The van der Waals surface area contributed by atoms with Gasteiger partial charge in [-0.2, -0.15) is 0 Å². The lowest BCUT2D eigenvalue weighted by Crippen LogP contribution is -2.48. The molecule has 0 bridgehead atoms. The molecular formula is C27H31NO2. The summed E-state index contributed by atoms with van der Waals surface area (Å²) in [6.45, 7) is 5.85. The van der Waals surface area contributed by atoms with E-state index in [1.165, 1.54) is 5.56 Å². The molecule has 0 unspecified atom stereocenters. The van der Waals surface area contributed by atoms with Crippen LogP contribution in [0.2, 0.25) is 0 Å². The Morgan fingerprint density at radius 3 is 2.10 bits per heavy atom. The van der Waals surface area contributed by atoms with E-state index in [9.17, 15) is 10.2 Å². The molecule has 0 aromatic heterocycles. The van der Waals surface area contributed by atoms with Crippen LogP contribution in [0.15, 0.2) is 78.9 Å². The predicted octanol–water partition coefficient (Wildman–Crippen LogP) is 5.42. The molecule has 1 aliphatic heterocycles. The van der Waals surface area contributed by atoms with Crippen molar-refractivity contribution in [1.82, 2.24) is 4.90 Å². The fourth-order valence-electron chi connectivity index (χ4n) is 4.73. The molecule has 0 aliphatic carbocycles. The number of nitrogens with zero attached hydrogens (tertiary/aromatic N) is 1. The van der Waals surface area contributed by atoms with E-state index < -0.39 is 5.60 Å². The van der Waals surface area contributed by atoms with Crippen molar-refractivity contribution >= 4 is 0 Å². The van der Waals surface area contributed by atoms with Gasteiger partial charge in [-0.1, -0.05) is 86.6 Å². The summed E-state index contributed by atoms with van der Waals surface area (Å²) in [5.41, 5.74) is 2.86. The lowest BCUT2D eigenvalue weighted by molar-refractivity contribution is -0.00673. The fraction of sp³-hybridized carbons (Fsp3) is 0.333. The van der Waals surface area contributed by atoms with Crippen molar-refractivity contribution in [3.63, 3.8) is 0 Å².